The monoisotopic (exact) mass is 311 g/mol. The number of rotatable bonds is 5. The summed E-state index contributed by atoms with van der Waals surface area (Å²) in [5.74, 6) is 0.458. The molecule has 1 aromatic heterocycles. The summed E-state index contributed by atoms with van der Waals surface area (Å²) in [5.41, 5.74) is 5.77. The van der Waals surface area contributed by atoms with Gasteiger partial charge in [0.05, 0.1) is 18.2 Å². The van der Waals surface area contributed by atoms with Crippen LogP contribution in [0.1, 0.15) is 25.1 Å². The Morgan fingerprint density at radius 3 is 2.73 bits per heavy atom. The molecule has 0 bridgehead atoms. The van der Waals surface area contributed by atoms with Crippen molar-refractivity contribution in [1.82, 2.24) is 10.1 Å². The Bertz CT molecular complexity index is 671. The molecular weight excluding hydrogens is 296 g/mol. The standard InChI is InChI=1S/C14H15F2N3O3/c1-20-9-5-2-4-8(10(9)21-13(15)16)11-18-12(19-22-11)14(17)6-3-7-14/h2,4-5,13H,3,6-7,17H2,1H3. The van der Waals surface area contributed by atoms with Gasteiger partial charge in [-0.05, 0) is 31.4 Å². The Kier molecular flexibility index (Phi) is 3.69. The van der Waals surface area contributed by atoms with Gasteiger partial charge in [-0.2, -0.15) is 13.8 Å². The molecule has 0 amide bonds. The number of hydrogen-bond donors (Lipinski definition) is 1. The molecule has 1 aromatic carbocycles. The average molecular weight is 311 g/mol. The molecule has 0 atom stereocenters. The largest absolute Gasteiger partial charge is 0.493 e. The smallest absolute Gasteiger partial charge is 0.387 e. The van der Waals surface area contributed by atoms with Crippen LogP contribution in [0.5, 0.6) is 11.5 Å². The topological polar surface area (TPSA) is 83.4 Å². The number of alkyl halides is 2. The van der Waals surface area contributed by atoms with Crippen molar-refractivity contribution in [1.29, 1.82) is 0 Å². The number of halogens is 2. The fraction of sp³-hybridized carbons (Fsp3) is 0.429. The van der Waals surface area contributed by atoms with Gasteiger partial charge in [0.2, 0.25) is 0 Å². The van der Waals surface area contributed by atoms with Gasteiger partial charge in [0.1, 0.15) is 0 Å². The van der Waals surface area contributed by atoms with Crippen molar-refractivity contribution in [3.05, 3.63) is 24.0 Å². The average Bonchev–Trinajstić information content (AvgIpc) is 2.94. The molecule has 0 aliphatic heterocycles. The summed E-state index contributed by atoms with van der Waals surface area (Å²) in [5, 5.41) is 3.87. The first-order valence-corrected chi connectivity index (χ1v) is 6.79. The lowest BCUT2D eigenvalue weighted by Crippen LogP contribution is -2.44. The lowest BCUT2D eigenvalue weighted by Gasteiger charge is -2.34. The minimum atomic E-state index is -3.00. The number of hydrogen-bond acceptors (Lipinski definition) is 6. The van der Waals surface area contributed by atoms with Gasteiger partial charge in [0.25, 0.3) is 5.89 Å². The van der Waals surface area contributed by atoms with Crippen LogP contribution in [-0.4, -0.2) is 23.9 Å². The van der Waals surface area contributed by atoms with Crippen LogP contribution in [0.2, 0.25) is 0 Å². The highest BCUT2D eigenvalue weighted by molar-refractivity contribution is 5.67. The van der Waals surface area contributed by atoms with Gasteiger partial charge in [-0.3, -0.25) is 0 Å². The molecule has 8 heteroatoms. The number of para-hydroxylation sites is 1. The Balaban J connectivity index is 2.00. The molecule has 1 aliphatic rings. The normalized spacial score (nSPS) is 16.4. The Hall–Kier alpha value is -2.22. The van der Waals surface area contributed by atoms with Crippen molar-refractivity contribution in [3.8, 4) is 23.0 Å². The predicted octanol–water partition coefficient (Wildman–Crippen LogP) is 2.68. The van der Waals surface area contributed by atoms with E-state index in [0.29, 0.717) is 5.82 Å². The summed E-state index contributed by atoms with van der Waals surface area (Å²) in [6.45, 7) is -3.00. The Labute approximate surface area is 125 Å². The Morgan fingerprint density at radius 1 is 1.36 bits per heavy atom. The maximum absolute atomic E-state index is 12.6. The third kappa shape index (κ3) is 2.50. The molecule has 118 valence electrons. The van der Waals surface area contributed by atoms with Crippen LogP contribution in [-0.2, 0) is 5.54 Å². The molecule has 0 radical (unpaired) electrons. The highest BCUT2D eigenvalue weighted by atomic mass is 19.3. The maximum atomic E-state index is 12.6. The Morgan fingerprint density at radius 2 is 2.14 bits per heavy atom. The van der Waals surface area contributed by atoms with Crippen molar-refractivity contribution in [2.45, 2.75) is 31.4 Å². The highest BCUT2D eigenvalue weighted by Gasteiger charge is 2.39. The van der Waals surface area contributed by atoms with Crippen LogP contribution in [0.25, 0.3) is 11.5 Å². The second-order valence-corrected chi connectivity index (χ2v) is 5.15. The minimum absolute atomic E-state index is 0.0706. The van der Waals surface area contributed by atoms with Gasteiger partial charge in [0, 0.05) is 0 Å². The maximum Gasteiger partial charge on any atom is 0.387 e. The molecule has 2 N–H and O–H groups in total. The van der Waals surface area contributed by atoms with Gasteiger partial charge < -0.3 is 19.7 Å². The van der Waals surface area contributed by atoms with Crippen molar-refractivity contribution in [3.63, 3.8) is 0 Å². The number of nitrogens with two attached hydrogens (primary N) is 1. The third-order valence-corrected chi connectivity index (χ3v) is 3.75. The van der Waals surface area contributed by atoms with Crippen LogP contribution >= 0.6 is 0 Å². The van der Waals surface area contributed by atoms with Gasteiger partial charge >= 0.3 is 6.61 Å². The van der Waals surface area contributed by atoms with Crippen molar-refractivity contribution < 1.29 is 22.8 Å². The predicted molar refractivity (Wildman–Crippen MR) is 72.6 cm³/mol. The first-order chi connectivity index (χ1) is 10.5. The summed E-state index contributed by atoms with van der Waals surface area (Å²) in [7, 11) is 1.36. The number of methoxy groups -OCH3 is 1. The van der Waals surface area contributed by atoms with E-state index < -0.39 is 12.2 Å². The van der Waals surface area contributed by atoms with Crippen LogP contribution in [0.4, 0.5) is 8.78 Å². The molecule has 22 heavy (non-hydrogen) atoms. The molecule has 3 rings (SSSR count). The minimum Gasteiger partial charge on any atom is -0.493 e. The fourth-order valence-electron chi connectivity index (χ4n) is 2.37. The second kappa shape index (κ2) is 5.53. The summed E-state index contributed by atoms with van der Waals surface area (Å²) in [4.78, 5) is 4.23. The van der Waals surface area contributed by atoms with E-state index in [1.165, 1.54) is 13.2 Å². The van der Waals surface area contributed by atoms with Crippen LogP contribution < -0.4 is 15.2 Å². The van der Waals surface area contributed by atoms with Crippen molar-refractivity contribution in [2.75, 3.05) is 7.11 Å². The lowest BCUT2D eigenvalue weighted by molar-refractivity contribution is -0.0508. The zero-order valence-corrected chi connectivity index (χ0v) is 11.9. The highest BCUT2D eigenvalue weighted by Crippen LogP contribution is 2.41. The van der Waals surface area contributed by atoms with Crippen molar-refractivity contribution >= 4 is 0 Å². The van der Waals surface area contributed by atoms with E-state index in [0.717, 1.165) is 19.3 Å². The number of benzene rings is 1. The van der Waals surface area contributed by atoms with E-state index in [1.807, 2.05) is 0 Å². The van der Waals surface area contributed by atoms with E-state index in [-0.39, 0.29) is 23.0 Å². The van der Waals surface area contributed by atoms with Crippen LogP contribution in [0, 0.1) is 0 Å². The molecule has 1 fully saturated rings. The number of aromatic nitrogens is 2. The summed E-state index contributed by atoms with van der Waals surface area (Å²) < 4.78 is 40.0. The molecule has 0 saturated heterocycles. The molecule has 2 aromatic rings. The zero-order chi connectivity index (χ0) is 15.7. The van der Waals surface area contributed by atoms with E-state index >= 15 is 0 Å². The van der Waals surface area contributed by atoms with Crippen molar-refractivity contribution in [2.24, 2.45) is 5.73 Å². The van der Waals surface area contributed by atoms with Crippen LogP contribution in [0.3, 0.4) is 0 Å². The molecule has 1 saturated carbocycles. The number of ether oxygens (including phenoxy) is 2. The summed E-state index contributed by atoms with van der Waals surface area (Å²) >= 11 is 0. The second-order valence-electron chi connectivity index (χ2n) is 5.15. The van der Waals surface area contributed by atoms with Gasteiger partial charge in [-0.25, -0.2) is 0 Å². The first kappa shape index (κ1) is 14.7. The van der Waals surface area contributed by atoms with Gasteiger partial charge in [0.15, 0.2) is 17.3 Å². The van der Waals surface area contributed by atoms with E-state index in [9.17, 15) is 8.78 Å². The quantitative estimate of drug-likeness (QED) is 0.914. The fourth-order valence-corrected chi connectivity index (χ4v) is 2.37. The molecule has 0 unspecified atom stereocenters. The van der Waals surface area contributed by atoms with Crippen LogP contribution in [0.15, 0.2) is 22.7 Å². The molecule has 0 spiro atoms. The van der Waals surface area contributed by atoms with Gasteiger partial charge in [-0.15, -0.1) is 0 Å². The molecular formula is C14H15F2N3O3. The summed E-state index contributed by atoms with van der Waals surface area (Å²) in [6.07, 6.45) is 2.54. The third-order valence-electron chi connectivity index (χ3n) is 3.75. The number of nitrogens with zero attached hydrogens (tertiary/aromatic N) is 2. The van der Waals surface area contributed by atoms with E-state index in [4.69, 9.17) is 15.0 Å². The molecule has 1 heterocycles. The SMILES string of the molecule is COc1cccc(-c2nc(C3(N)CCC3)no2)c1OC(F)F. The molecule has 6 nitrogen and oxygen atoms in total. The van der Waals surface area contributed by atoms with E-state index in [1.54, 1.807) is 12.1 Å². The van der Waals surface area contributed by atoms with Gasteiger partial charge in [-0.1, -0.05) is 11.2 Å². The first-order valence-electron chi connectivity index (χ1n) is 6.79. The lowest BCUT2D eigenvalue weighted by atomic mass is 9.77. The molecule has 1 aliphatic carbocycles. The van der Waals surface area contributed by atoms with E-state index in [2.05, 4.69) is 14.9 Å². The summed E-state index contributed by atoms with van der Waals surface area (Å²) in [6, 6.07) is 4.67. The zero-order valence-electron chi connectivity index (χ0n) is 11.9.